The summed E-state index contributed by atoms with van der Waals surface area (Å²) in [6, 6.07) is 0. The van der Waals surface area contributed by atoms with E-state index >= 15 is 0 Å². The Morgan fingerprint density at radius 2 is 0.846 bits per heavy atom. The monoisotopic (exact) mass is 672 g/mol. The molecule has 0 radical (unpaired) electrons. The SMILES string of the molecule is CCCCC1=C(B(CC)CC)C(CC)=[C]([Sn]([CH3])([CH3])[C]2=C(CC)C(B(CC)CC)=C(CCCC)[Si]2(C)C)[Si]1(C)C. The van der Waals surface area contributed by atoms with E-state index in [2.05, 4.69) is 97.9 Å². The van der Waals surface area contributed by atoms with Gasteiger partial charge in [0.1, 0.15) is 0 Å². The second kappa shape index (κ2) is 14.7. The minimum absolute atomic E-state index is 0.769. The van der Waals surface area contributed by atoms with Crippen LogP contribution in [-0.2, 0) is 0 Å². The Morgan fingerprint density at radius 3 is 1.08 bits per heavy atom. The van der Waals surface area contributed by atoms with Gasteiger partial charge in [-0.05, 0) is 0 Å². The van der Waals surface area contributed by atoms with Crippen LogP contribution >= 0.6 is 0 Å². The summed E-state index contributed by atoms with van der Waals surface area (Å²) in [5, 5.41) is 3.98. The molecule has 0 saturated carbocycles. The Hall–Kier alpha value is 0.322. The summed E-state index contributed by atoms with van der Waals surface area (Å²) < 4.78 is 4.30. The van der Waals surface area contributed by atoms with E-state index in [1.54, 1.807) is 0 Å². The zero-order valence-electron chi connectivity index (χ0n) is 29.1. The molecule has 0 unspecified atom stereocenters. The standard InChI is InChI=1S/2C16H30BSi.2CH3.Sn/c2*1-7-11-12-15-16(17(9-3)10-4)14(8-2)13-18(15,5)6;;;/h2*7-12H2,1-6H3;2*1H3;. The van der Waals surface area contributed by atoms with Crippen molar-refractivity contribution in [3.63, 3.8) is 0 Å². The van der Waals surface area contributed by atoms with Gasteiger partial charge in [0.05, 0.1) is 0 Å². The van der Waals surface area contributed by atoms with Gasteiger partial charge in [-0.3, -0.25) is 0 Å². The van der Waals surface area contributed by atoms with E-state index in [9.17, 15) is 0 Å². The van der Waals surface area contributed by atoms with E-state index < -0.39 is 34.5 Å². The first-order valence-corrected chi connectivity index (χ1v) is 31.8. The molecule has 220 valence electrons. The van der Waals surface area contributed by atoms with Crippen LogP contribution in [0, 0.1) is 0 Å². The van der Waals surface area contributed by atoms with Crippen molar-refractivity contribution < 1.29 is 0 Å². The van der Waals surface area contributed by atoms with Crippen LogP contribution in [0.25, 0.3) is 0 Å². The van der Waals surface area contributed by atoms with Gasteiger partial charge in [0, 0.05) is 0 Å². The quantitative estimate of drug-likeness (QED) is 0.143. The van der Waals surface area contributed by atoms with Gasteiger partial charge in [0.2, 0.25) is 0 Å². The zero-order valence-corrected chi connectivity index (χ0v) is 34.0. The van der Waals surface area contributed by atoms with E-state index in [1.165, 1.54) is 76.6 Å². The maximum absolute atomic E-state index is 2.91. The number of allylic oxidation sites excluding steroid dienone is 6. The Morgan fingerprint density at radius 1 is 0.538 bits per heavy atom. The zero-order chi connectivity index (χ0) is 29.8. The van der Waals surface area contributed by atoms with Crippen molar-refractivity contribution in [2.45, 2.75) is 168 Å². The molecule has 5 heteroatoms. The molecule has 0 aliphatic carbocycles. The Labute approximate surface area is 253 Å². The normalized spacial score (nSPS) is 19.2. The van der Waals surface area contributed by atoms with Gasteiger partial charge in [0.25, 0.3) is 0 Å². The molecular weight excluding hydrogens is 605 g/mol. The molecule has 2 rings (SSSR count). The summed E-state index contributed by atoms with van der Waals surface area (Å²) in [5.41, 5.74) is 7.63. The molecule has 0 nitrogen and oxygen atoms in total. The molecule has 0 fully saturated rings. The third-order valence-corrected chi connectivity index (χ3v) is 46.1. The van der Waals surface area contributed by atoms with E-state index in [0.717, 1.165) is 13.4 Å². The first kappa shape index (κ1) is 35.5. The van der Waals surface area contributed by atoms with Crippen molar-refractivity contribution in [1.82, 2.24) is 0 Å². The first-order chi connectivity index (χ1) is 18.3. The molecule has 0 atom stereocenters. The van der Waals surface area contributed by atoms with Crippen LogP contribution in [0.15, 0.2) is 38.9 Å². The van der Waals surface area contributed by atoms with E-state index in [4.69, 9.17) is 0 Å². The fourth-order valence-corrected chi connectivity index (χ4v) is 57.7. The first-order valence-electron chi connectivity index (χ1n) is 17.3. The van der Waals surface area contributed by atoms with Crippen LogP contribution in [0.2, 0.25) is 61.3 Å². The summed E-state index contributed by atoms with van der Waals surface area (Å²) in [7, 11) is -3.36. The van der Waals surface area contributed by atoms with Crippen molar-refractivity contribution in [2.24, 2.45) is 0 Å². The van der Waals surface area contributed by atoms with E-state index in [-0.39, 0.29) is 0 Å². The molecule has 2 heterocycles. The third kappa shape index (κ3) is 6.48. The van der Waals surface area contributed by atoms with Crippen molar-refractivity contribution in [3.05, 3.63) is 38.9 Å². The second-order valence-corrected chi connectivity index (χ2v) is 38.0. The van der Waals surface area contributed by atoms with Gasteiger partial charge in [-0.25, -0.2) is 0 Å². The van der Waals surface area contributed by atoms with Gasteiger partial charge in [0.15, 0.2) is 0 Å². The molecule has 2 aliphatic heterocycles. The van der Waals surface area contributed by atoms with Crippen LogP contribution in [0.3, 0.4) is 0 Å². The molecule has 0 aromatic carbocycles. The van der Waals surface area contributed by atoms with Crippen molar-refractivity contribution >= 4 is 48.0 Å². The molecule has 0 saturated heterocycles. The summed E-state index contributed by atoms with van der Waals surface area (Å²) in [6.45, 7) is 32.4. The summed E-state index contributed by atoms with van der Waals surface area (Å²) in [4.78, 5) is 5.82. The molecule has 39 heavy (non-hydrogen) atoms. The van der Waals surface area contributed by atoms with Crippen LogP contribution in [0.5, 0.6) is 0 Å². The fourth-order valence-electron chi connectivity index (χ4n) is 9.52. The molecule has 0 amide bonds. The molecule has 2 aliphatic rings. The van der Waals surface area contributed by atoms with Gasteiger partial charge in [-0.1, -0.05) is 0 Å². The van der Waals surface area contributed by atoms with Crippen molar-refractivity contribution in [2.75, 3.05) is 0 Å². The second-order valence-electron chi connectivity index (χ2n) is 14.3. The number of rotatable bonds is 16. The molecule has 0 spiro atoms. The van der Waals surface area contributed by atoms with Gasteiger partial charge in [-0.2, -0.15) is 0 Å². The summed E-state index contributed by atoms with van der Waals surface area (Å²) >= 11 is -2.90. The van der Waals surface area contributed by atoms with Crippen LogP contribution in [0.1, 0.15) is 107 Å². The predicted octanol–water partition coefficient (Wildman–Crippen LogP) is 11.9. The molecular formula is C34H66B2Si2Sn. The van der Waals surface area contributed by atoms with Gasteiger partial charge in [-0.15, -0.1) is 0 Å². The maximum atomic E-state index is 2.91. The van der Waals surface area contributed by atoms with Gasteiger partial charge >= 0.3 is 255 Å². The number of hydrogen-bond acceptors (Lipinski definition) is 0. The fraction of sp³-hybridized carbons (Fsp3) is 0.765. The summed E-state index contributed by atoms with van der Waals surface area (Å²) in [5.74, 6) is 0. The Balaban J connectivity index is 2.94. The molecule has 0 aromatic rings. The van der Waals surface area contributed by atoms with Gasteiger partial charge < -0.3 is 0 Å². The number of unbranched alkanes of at least 4 members (excludes halogenated alkanes) is 2. The average molecular weight is 671 g/mol. The molecule has 0 N–H and O–H groups in total. The molecule has 0 aromatic heterocycles. The molecule has 0 bridgehead atoms. The van der Waals surface area contributed by atoms with E-state index in [1.807, 2.05) is 32.5 Å². The van der Waals surface area contributed by atoms with E-state index in [0.29, 0.717) is 0 Å². The topological polar surface area (TPSA) is 0 Å². The Bertz CT molecular complexity index is 911. The third-order valence-electron chi connectivity index (χ3n) is 11.0. The van der Waals surface area contributed by atoms with Crippen LogP contribution < -0.4 is 0 Å². The minimum atomic E-state index is -2.90. The number of hydrogen-bond donors (Lipinski definition) is 0. The van der Waals surface area contributed by atoms with Crippen molar-refractivity contribution in [1.29, 1.82) is 0 Å². The summed E-state index contributed by atoms with van der Waals surface area (Å²) in [6.07, 6.45) is 15.9. The Kier molecular flexibility index (Phi) is 13.4. The predicted molar refractivity (Wildman–Crippen MR) is 194 cm³/mol. The van der Waals surface area contributed by atoms with Crippen LogP contribution in [0.4, 0.5) is 0 Å². The van der Waals surface area contributed by atoms with Crippen molar-refractivity contribution in [3.8, 4) is 0 Å². The average Bonchev–Trinajstić information content (AvgIpc) is 3.26. The van der Waals surface area contributed by atoms with Crippen LogP contribution in [-0.4, -0.2) is 48.0 Å².